The number of unbranched alkanes of at least 4 members (excludes halogenated alkanes) is 9. The van der Waals surface area contributed by atoms with Gasteiger partial charge in [0.25, 0.3) is 23.2 Å². The van der Waals surface area contributed by atoms with Gasteiger partial charge in [-0.15, -0.1) is 5.06 Å². The van der Waals surface area contributed by atoms with Crippen molar-refractivity contribution in [1.82, 2.24) is 23.7 Å². The molecule has 16 nitrogen and oxygen atoms in total. The van der Waals surface area contributed by atoms with Crippen molar-refractivity contribution in [2.24, 2.45) is 0 Å². The fourth-order valence-electron chi connectivity index (χ4n) is 7.28. The van der Waals surface area contributed by atoms with Gasteiger partial charge in [-0.1, -0.05) is 118 Å². The van der Waals surface area contributed by atoms with Crippen LogP contribution in [0, 0.1) is 0 Å². The summed E-state index contributed by atoms with van der Waals surface area (Å²) in [7, 11) is -0.793. The molecule has 0 saturated heterocycles. The molecule has 1 amide bonds. The third-order valence-electron chi connectivity index (χ3n) is 10.4. The standard InChI is InChI=1S/C45H57Cl2N7O9S/c1-5-7-8-9-10-11-12-13-14-18-27-64(60,61)50-33-22-23-35(47)37(29-33)49-41(56)39(54-43(58)44(62-6-2)53(45(54)59)30-31-19-16-15-17-20-31)40-48-36-24-21-32(46)28-34(36)42(57)52(40)26-25-38(55)63-51(3)4/h15-17,19-24,28-29,39,50,58H,5-14,18,25-27,30H2,1-4H3,(H,49,56). The summed E-state index contributed by atoms with van der Waals surface area (Å²) in [4.78, 5) is 66.6. The van der Waals surface area contributed by atoms with E-state index in [2.05, 4.69) is 17.0 Å². The van der Waals surface area contributed by atoms with Gasteiger partial charge in [-0.25, -0.2) is 22.8 Å². The summed E-state index contributed by atoms with van der Waals surface area (Å²) >= 11 is 12.9. The number of hydroxylamine groups is 2. The van der Waals surface area contributed by atoms with Crippen LogP contribution in [0.15, 0.2) is 76.3 Å². The van der Waals surface area contributed by atoms with E-state index in [0.717, 1.165) is 39.4 Å². The van der Waals surface area contributed by atoms with Gasteiger partial charge in [0, 0.05) is 25.7 Å². The average molecular weight is 943 g/mol. The smallest absolute Gasteiger partial charge is 0.335 e. The highest BCUT2D eigenvalue weighted by Crippen LogP contribution is 2.34. The zero-order chi connectivity index (χ0) is 46.4. The Morgan fingerprint density at radius 1 is 0.875 bits per heavy atom. The van der Waals surface area contributed by atoms with Gasteiger partial charge in [0.1, 0.15) is 5.82 Å². The van der Waals surface area contributed by atoms with Gasteiger partial charge in [-0.05, 0) is 55.3 Å². The summed E-state index contributed by atoms with van der Waals surface area (Å²) in [5.41, 5.74) is -0.821. The molecule has 0 aliphatic carbocycles. The fraction of sp³-hybridized carbons (Fsp3) is 0.444. The number of halogens is 2. The molecule has 0 fully saturated rings. The number of sulfonamides is 1. The topological polar surface area (TPSA) is 196 Å². The van der Waals surface area contributed by atoms with Crippen LogP contribution >= 0.6 is 23.2 Å². The molecule has 3 N–H and O–H groups in total. The molecule has 5 rings (SSSR count). The number of rotatable bonds is 25. The number of ether oxygens (including phenoxy) is 1. The van der Waals surface area contributed by atoms with E-state index in [4.69, 9.17) is 37.8 Å². The Labute approximate surface area is 383 Å². The second kappa shape index (κ2) is 23.5. The molecule has 0 radical (unpaired) electrons. The minimum Gasteiger partial charge on any atom is -0.491 e. The molecule has 0 aliphatic rings. The number of benzene rings is 3. The van der Waals surface area contributed by atoms with Gasteiger partial charge >= 0.3 is 11.7 Å². The normalized spacial score (nSPS) is 12.1. The zero-order valence-electron chi connectivity index (χ0n) is 36.6. The number of hydrogen-bond acceptors (Lipinski definition) is 11. The molecule has 0 bridgehead atoms. The number of fused-ring (bicyclic) bond motifs is 1. The molecule has 19 heteroatoms. The largest absolute Gasteiger partial charge is 0.491 e. The Morgan fingerprint density at radius 2 is 1.55 bits per heavy atom. The number of nitrogens with zero attached hydrogens (tertiary/aromatic N) is 5. The number of amides is 1. The van der Waals surface area contributed by atoms with Gasteiger partial charge in [0.05, 0.1) is 52.6 Å². The molecule has 346 valence electrons. The van der Waals surface area contributed by atoms with Crippen LogP contribution in [0.5, 0.6) is 11.8 Å². The van der Waals surface area contributed by atoms with E-state index < -0.39 is 45.1 Å². The lowest BCUT2D eigenvalue weighted by atomic mass is 10.1. The number of carbonyl (C=O) groups is 2. The number of aromatic nitrogens is 4. The first-order valence-electron chi connectivity index (χ1n) is 21.5. The lowest BCUT2D eigenvalue weighted by Gasteiger charge is -2.23. The van der Waals surface area contributed by atoms with E-state index in [-0.39, 0.29) is 75.9 Å². The molecule has 5 aromatic rings. The van der Waals surface area contributed by atoms with Crippen molar-refractivity contribution in [2.75, 3.05) is 36.5 Å². The van der Waals surface area contributed by atoms with Gasteiger partial charge in [-0.2, -0.15) is 0 Å². The van der Waals surface area contributed by atoms with Crippen LogP contribution < -0.4 is 26.0 Å². The first-order valence-corrected chi connectivity index (χ1v) is 23.9. The summed E-state index contributed by atoms with van der Waals surface area (Å²) < 4.78 is 37.7. The number of nitrogens with one attached hydrogen (secondary N) is 2. The fourth-order valence-corrected chi connectivity index (χ4v) is 8.79. The van der Waals surface area contributed by atoms with Crippen molar-refractivity contribution < 1.29 is 32.7 Å². The summed E-state index contributed by atoms with van der Waals surface area (Å²) in [6.45, 7) is 3.40. The van der Waals surface area contributed by atoms with Crippen molar-refractivity contribution in [2.45, 2.75) is 104 Å². The molecule has 1 unspecified atom stereocenters. The third kappa shape index (κ3) is 13.3. The summed E-state index contributed by atoms with van der Waals surface area (Å²) in [6, 6.07) is 15.4. The van der Waals surface area contributed by atoms with Gasteiger partial charge < -0.3 is 20.0 Å². The number of imidazole rings is 1. The van der Waals surface area contributed by atoms with E-state index in [1.807, 2.05) is 0 Å². The van der Waals surface area contributed by atoms with Crippen LogP contribution in [0.2, 0.25) is 10.0 Å². The van der Waals surface area contributed by atoms with E-state index in [1.54, 1.807) is 37.3 Å². The van der Waals surface area contributed by atoms with Crippen LogP contribution in [0.25, 0.3) is 10.9 Å². The SMILES string of the molecule is CCCCCCCCCCCCS(=O)(=O)Nc1ccc(Cl)c(NC(=O)C(c2nc3ccc(Cl)cc3c(=O)n2CCC(=O)ON(C)C)n2c(O)c(OCC)n(Cc3ccccc3)c2=O)c1. The molecule has 2 heterocycles. The average Bonchev–Trinajstić information content (AvgIpc) is 3.46. The van der Waals surface area contributed by atoms with Crippen molar-refractivity contribution in [3.8, 4) is 11.8 Å². The Bertz CT molecular complexity index is 2620. The first kappa shape index (κ1) is 49.7. The third-order valence-corrected chi connectivity index (χ3v) is 12.3. The van der Waals surface area contributed by atoms with Crippen molar-refractivity contribution >= 4 is 67.4 Å². The van der Waals surface area contributed by atoms with E-state index in [0.29, 0.717) is 12.0 Å². The minimum absolute atomic E-state index is 0.00268. The number of aromatic hydroxyl groups is 1. The molecular weight excluding hydrogens is 886 g/mol. The molecular formula is C45H57Cl2N7O9S. The molecule has 64 heavy (non-hydrogen) atoms. The molecule has 1 atom stereocenters. The molecule has 0 aliphatic heterocycles. The van der Waals surface area contributed by atoms with Gasteiger partial charge in [-0.3, -0.25) is 28.2 Å². The summed E-state index contributed by atoms with van der Waals surface area (Å²) in [6.07, 6.45) is 10.1. The molecule has 0 saturated carbocycles. The van der Waals surface area contributed by atoms with E-state index >= 15 is 0 Å². The predicted octanol–water partition coefficient (Wildman–Crippen LogP) is 8.12. The highest BCUT2D eigenvalue weighted by atomic mass is 35.5. The first-order chi connectivity index (χ1) is 30.6. The second-order valence-electron chi connectivity index (χ2n) is 15.6. The molecule has 0 spiro atoms. The van der Waals surface area contributed by atoms with E-state index in [1.165, 1.54) is 87.7 Å². The minimum atomic E-state index is -3.80. The van der Waals surface area contributed by atoms with Crippen molar-refractivity contribution in [3.63, 3.8) is 0 Å². The van der Waals surface area contributed by atoms with Crippen LogP contribution in [0.3, 0.4) is 0 Å². The Hall–Kier alpha value is -5.36. The van der Waals surface area contributed by atoms with Crippen molar-refractivity contribution in [1.29, 1.82) is 0 Å². The predicted molar refractivity (Wildman–Crippen MR) is 250 cm³/mol. The van der Waals surface area contributed by atoms with Gasteiger partial charge in [0.15, 0.2) is 6.04 Å². The van der Waals surface area contributed by atoms with Crippen LogP contribution in [-0.2, 0) is 37.5 Å². The maximum atomic E-state index is 15.0. The van der Waals surface area contributed by atoms with Gasteiger partial charge in [0.2, 0.25) is 10.0 Å². The lowest BCUT2D eigenvalue weighted by molar-refractivity contribution is -0.178. The monoisotopic (exact) mass is 941 g/mol. The second-order valence-corrected chi connectivity index (χ2v) is 18.3. The highest BCUT2D eigenvalue weighted by Gasteiger charge is 2.36. The molecule has 3 aromatic carbocycles. The number of anilines is 2. The highest BCUT2D eigenvalue weighted by molar-refractivity contribution is 7.92. The Balaban J connectivity index is 1.54. The summed E-state index contributed by atoms with van der Waals surface area (Å²) in [5, 5.41) is 16.0. The number of hydrogen-bond donors (Lipinski definition) is 3. The Kier molecular flexibility index (Phi) is 18.3. The molecule has 2 aromatic heterocycles. The van der Waals surface area contributed by atoms with Crippen LogP contribution in [0.4, 0.5) is 11.4 Å². The van der Waals surface area contributed by atoms with Crippen LogP contribution in [0.1, 0.15) is 102 Å². The quantitative estimate of drug-likeness (QED) is 0.0378. The zero-order valence-corrected chi connectivity index (χ0v) is 39.0. The number of carbonyl (C=O) groups excluding carboxylic acids is 2. The maximum absolute atomic E-state index is 15.0. The summed E-state index contributed by atoms with van der Waals surface area (Å²) in [5.74, 6) is -3.22. The van der Waals surface area contributed by atoms with E-state index in [9.17, 15) is 32.7 Å². The lowest BCUT2D eigenvalue weighted by Crippen LogP contribution is -2.40. The van der Waals surface area contributed by atoms with Crippen molar-refractivity contribution in [3.05, 3.63) is 109 Å². The maximum Gasteiger partial charge on any atom is 0.335 e. The Morgan fingerprint density at radius 3 is 2.20 bits per heavy atom. The van der Waals surface area contributed by atoms with Crippen LogP contribution in [-0.4, -0.2) is 75.6 Å².